The largest absolute Gasteiger partial charge is 0.357 e. The fourth-order valence-electron chi connectivity index (χ4n) is 2.36. The lowest BCUT2D eigenvalue weighted by Gasteiger charge is -2.23. The zero-order chi connectivity index (χ0) is 15.2. The number of aromatic nitrogens is 1. The maximum atomic E-state index is 12.3. The summed E-state index contributed by atoms with van der Waals surface area (Å²) in [5.41, 5.74) is 1.72. The van der Waals surface area contributed by atoms with E-state index in [0.29, 0.717) is 18.4 Å². The van der Waals surface area contributed by atoms with Gasteiger partial charge in [0.25, 0.3) is 0 Å². The van der Waals surface area contributed by atoms with Crippen LogP contribution in [0, 0.1) is 19.3 Å². The highest BCUT2D eigenvalue weighted by Gasteiger charge is 2.10. The summed E-state index contributed by atoms with van der Waals surface area (Å²) >= 11 is 0. The fourth-order valence-corrected chi connectivity index (χ4v) is 2.36. The van der Waals surface area contributed by atoms with Gasteiger partial charge in [0.1, 0.15) is 5.82 Å². The molecule has 0 aliphatic carbocycles. The molecule has 3 nitrogen and oxygen atoms in total. The van der Waals surface area contributed by atoms with E-state index < -0.39 is 0 Å². The Balaban J connectivity index is 2.56. The van der Waals surface area contributed by atoms with Gasteiger partial charge in [0, 0.05) is 31.0 Å². The van der Waals surface area contributed by atoms with Crippen LogP contribution in [0.25, 0.3) is 17.0 Å². The molecule has 3 heteroatoms. The molecule has 1 aromatic heterocycles. The zero-order valence-electron chi connectivity index (χ0n) is 12.1. The summed E-state index contributed by atoms with van der Waals surface area (Å²) in [7, 11) is 0. The number of nitrogens with one attached hydrogen (secondary N) is 1. The van der Waals surface area contributed by atoms with Crippen LogP contribution < -0.4 is 10.3 Å². The molecular weight excluding hydrogens is 260 g/mol. The number of H-pyrrole nitrogens is 1. The summed E-state index contributed by atoms with van der Waals surface area (Å²) in [6, 6.07) is 7.24. The zero-order valence-corrected chi connectivity index (χ0v) is 12.1. The summed E-state index contributed by atoms with van der Waals surface area (Å²) in [5.74, 6) is 3.41. The fraction of sp³-hybridized carbons (Fsp3) is 0.222. The second kappa shape index (κ2) is 6.81. The van der Waals surface area contributed by atoms with E-state index in [9.17, 15) is 4.79 Å². The van der Waals surface area contributed by atoms with Gasteiger partial charge < -0.3 is 9.88 Å². The van der Waals surface area contributed by atoms with Crippen molar-refractivity contribution in [1.29, 1.82) is 0 Å². The van der Waals surface area contributed by atoms with Crippen molar-refractivity contribution in [2.45, 2.75) is 12.8 Å². The summed E-state index contributed by atoms with van der Waals surface area (Å²) in [4.78, 5) is 17.7. The monoisotopic (exact) mass is 279 g/mol. The van der Waals surface area contributed by atoms with Crippen molar-refractivity contribution in [3.63, 3.8) is 0 Å². The SMILES string of the molecule is C#CCCN(CC[CH2])c1cc(=O)c2cccc(C=C)c2[nH]1. The van der Waals surface area contributed by atoms with E-state index in [0.717, 1.165) is 29.9 Å². The van der Waals surface area contributed by atoms with Gasteiger partial charge in [-0.2, -0.15) is 0 Å². The Labute approximate surface area is 125 Å². The minimum Gasteiger partial charge on any atom is -0.357 e. The Morgan fingerprint density at radius 3 is 2.86 bits per heavy atom. The average Bonchev–Trinajstić information content (AvgIpc) is 2.50. The highest BCUT2D eigenvalue weighted by atomic mass is 16.1. The number of anilines is 1. The lowest BCUT2D eigenvalue weighted by molar-refractivity contribution is 0.782. The maximum absolute atomic E-state index is 12.3. The predicted molar refractivity (Wildman–Crippen MR) is 90.3 cm³/mol. The van der Waals surface area contributed by atoms with Crippen molar-refractivity contribution in [1.82, 2.24) is 4.98 Å². The van der Waals surface area contributed by atoms with Crippen molar-refractivity contribution in [3.05, 3.63) is 53.6 Å². The van der Waals surface area contributed by atoms with Crippen LogP contribution in [0.1, 0.15) is 18.4 Å². The van der Waals surface area contributed by atoms with Gasteiger partial charge in [-0.15, -0.1) is 12.3 Å². The number of terminal acetylenes is 1. The van der Waals surface area contributed by atoms with Crippen LogP contribution in [0.3, 0.4) is 0 Å². The third kappa shape index (κ3) is 3.17. The highest BCUT2D eigenvalue weighted by molar-refractivity contribution is 5.88. The van der Waals surface area contributed by atoms with Crippen LogP contribution in [0.5, 0.6) is 0 Å². The molecule has 1 heterocycles. The molecule has 0 aliphatic rings. The molecule has 0 saturated carbocycles. The lowest BCUT2D eigenvalue weighted by Crippen LogP contribution is -2.27. The highest BCUT2D eigenvalue weighted by Crippen LogP contribution is 2.19. The molecule has 0 unspecified atom stereocenters. The third-order valence-corrected chi connectivity index (χ3v) is 3.40. The van der Waals surface area contributed by atoms with Crippen LogP contribution in [0.15, 0.2) is 35.6 Å². The summed E-state index contributed by atoms with van der Waals surface area (Å²) in [6.45, 7) is 9.12. The molecule has 1 N–H and O–H groups in total. The van der Waals surface area contributed by atoms with Crippen LogP contribution in [0.4, 0.5) is 5.82 Å². The minimum atomic E-state index is -0.00257. The first-order valence-electron chi connectivity index (χ1n) is 6.97. The van der Waals surface area contributed by atoms with Gasteiger partial charge in [-0.05, 0) is 18.1 Å². The molecule has 0 amide bonds. The summed E-state index contributed by atoms with van der Waals surface area (Å²) in [5, 5.41) is 0.669. The van der Waals surface area contributed by atoms with Gasteiger partial charge in [-0.25, -0.2) is 0 Å². The van der Waals surface area contributed by atoms with E-state index in [1.165, 1.54) is 0 Å². The van der Waals surface area contributed by atoms with E-state index in [2.05, 4.69) is 29.3 Å². The number of nitrogens with zero attached hydrogens (tertiary/aromatic N) is 1. The number of fused-ring (bicyclic) bond motifs is 1. The molecular formula is C18H19N2O. The number of pyridine rings is 1. The van der Waals surface area contributed by atoms with Crippen molar-refractivity contribution in [2.75, 3.05) is 18.0 Å². The van der Waals surface area contributed by atoms with E-state index in [1.54, 1.807) is 12.1 Å². The van der Waals surface area contributed by atoms with Gasteiger partial charge in [-0.1, -0.05) is 31.7 Å². The number of benzene rings is 1. The second-order valence-electron chi connectivity index (χ2n) is 4.79. The van der Waals surface area contributed by atoms with Crippen LogP contribution in [-0.2, 0) is 0 Å². The first-order chi connectivity index (χ1) is 10.2. The number of para-hydroxylation sites is 1. The quantitative estimate of drug-likeness (QED) is 0.824. The standard InChI is InChI=1S/C18H19N2O/c1-4-7-12-20(11-5-2)17-13-16(21)15-10-8-9-14(6-3)18(15)19-17/h1,6,8-10,13H,2-3,5,7,11-12H2,(H,19,21). The van der Waals surface area contributed by atoms with Crippen LogP contribution in [0.2, 0.25) is 0 Å². The van der Waals surface area contributed by atoms with Gasteiger partial charge >= 0.3 is 0 Å². The normalized spacial score (nSPS) is 10.3. The molecule has 1 aromatic carbocycles. The van der Waals surface area contributed by atoms with E-state index >= 15 is 0 Å². The molecule has 0 fully saturated rings. The number of aromatic amines is 1. The van der Waals surface area contributed by atoms with E-state index in [-0.39, 0.29) is 5.43 Å². The van der Waals surface area contributed by atoms with Crippen molar-refractivity contribution < 1.29 is 0 Å². The first-order valence-corrected chi connectivity index (χ1v) is 6.97. The maximum Gasteiger partial charge on any atom is 0.191 e. The second-order valence-corrected chi connectivity index (χ2v) is 4.79. The Hall–Kier alpha value is -2.47. The number of rotatable bonds is 6. The molecule has 0 bridgehead atoms. The topological polar surface area (TPSA) is 36.1 Å². The molecule has 1 radical (unpaired) electrons. The molecule has 21 heavy (non-hydrogen) atoms. The molecule has 0 saturated heterocycles. The molecule has 2 aromatic rings. The minimum absolute atomic E-state index is 0.00257. The first kappa shape index (κ1) is 14.9. The average molecular weight is 279 g/mol. The van der Waals surface area contributed by atoms with Crippen molar-refractivity contribution in [2.24, 2.45) is 0 Å². The summed E-state index contributed by atoms with van der Waals surface area (Å²) in [6.07, 6.45) is 8.46. The molecule has 0 spiro atoms. The van der Waals surface area contributed by atoms with E-state index in [1.807, 2.05) is 18.2 Å². The lowest BCUT2D eigenvalue weighted by atomic mass is 10.1. The Kier molecular flexibility index (Phi) is 4.84. The van der Waals surface area contributed by atoms with Crippen molar-refractivity contribution >= 4 is 22.8 Å². The molecule has 0 aliphatic heterocycles. The van der Waals surface area contributed by atoms with Gasteiger partial charge in [-0.3, -0.25) is 4.79 Å². The van der Waals surface area contributed by atoms with E-state index in [4.69, 9.17) is 6.42 Å². The Bertz CT molecular complexity index is 737. The smallest absolute Gasteiger partial charge is 0.191 e. The predicted octanol–water partition coefficient (Wildman–Crippen LogP) is 3.22. The number of hydrogen-bond donors (Lipinski definition) is 1. The molecule has 107 valence electrons. The number of hydrogen-bond acceptors (Lipinski definition) is 2. The van der Waals surface area contributed by atoms with Crippen molar-refractivity contribution in [3.8, 4) is 12.3 Å². The summed E-state index contributed by atoms with van der Waals surface area (Å²) < 4.78 is 0. The Morgan fingerprint density at radius 1 is 1.38 bits per heavy atom. The Morgan fingerprint density at radius 2 is 2.19 bits per heavy atom. The molecule has 0 atom stereocenters. The van der Waals surface area contributed by atoms with Gasteiger partial charge in [0.05, 0.1) is 5.52 Å². The van der Waals surface area contributed by atoms with Crippen LogP contribution in [-0.4, -0.2) is 18.1 Å². The molecule has 2 rings (SSSR count). The van der Waals surface area contributed by atoms with Gasteiger partial charge in [0.2, 0.25) is 0 Å². The van der Waals surface area contributed by atoms with Crippen LogP contribution >= 0.6 is 0 Å². The third-order valence-electron chi connectivity index (χ3n) is 3.40. The van der Waals surface area contributed by atoms with Gasteiger partial charge in [0.15, 0.2) is 5.43 Å².